The number of aryl methyl sites for hydroxylation is 2. The third-order valence-electron chi connectivity index (χ3n) is 4.87. The summed E-state index contributed by atoms with van der Waals surface area (Å²) in [6.45, 7) is 0.604. The summed E-state index contributed by atoms with van der Waals surface area (Å²) in [4.78, 5) is 14.7. The van der Waals surface area contributed by atoms with Crippen molar-refractivity contribution in [2.45, 2.75) is 31.7 Å². The van der Waals surface area contributed by atoms with Crippen LogP contribution in [0.2, 0.25) is 0 Å². The highest BCUT2D eigenvalue weighted by Crippen LogP contribution is 2.22. The highest BCUT2D eigenvalue weighted by Gasteiger charge is 2.17. The average molecular weight is 322 g/mol. The maximum atomic E-state index is 12.6. The SMILES string of the molecule is CN(C)[C@H](CNC(=O)c1ccc2c(c1)CCCC2)c1ccccc1. The molecule has 0 fully saturated rings. The minimum atomic E-state index is 0.0196. The van der Waals surface area contributed by atoms with Gasteiger partial charge in [-0.2, -0.15) is 0 Å². The number of amides is 1. The van der Waals surface area contributed by atoms with Gasteiger partial charge in [0.05, 0.1) is 6.04 Å². The number of nitrogens with zero attached hydrogens (tertiary/aromatic N) is 1. The second kappa shape index (κ2) is 7.63. The number of benzene rings is 2. The fourth-order valence-corrected chi connectivity index (χ4v) is 3.44. The number of hydrogen-bond acceptors (Lipinski definition) is 2. The van der Waals surface area contributed by atoms with Gasteiger partial charge in [-0.1, -0.05) is 36.4 Å². The molecule has 3 nitrogen and oxygen atoms in total. The maximum absolute atomic E-state index is 12.6. The highest BCUT2D eigenvalue weighted by atomic mass is 16.1. The van der Waals surface area contributed by atoms with Crippen molar-refractivity contribution in [1.82, 2.24) is 10.2 Å². The lowest BCUT2D eigenvalue weighted by Crippen LogP contribution is -2.34. The predicted molar refractivity (Wildman–Crippen MR) is 98.3 cm³/mol. The third-order valence-corrected chi connectivity index (χ3v) is 4.87. The summed E-state index contributed by atoms with van der Waals surface area (Å²) in [6, 6.07) is 16.7. The van der Waals surface area contributed by atoms with E-state index in [9.17, 15) is 4.79 Å². The van der Waals surface area contributed by atoms with Crippen LogP contribution in [-0.4, -0.2) is 31.4 Å². The molecule has 0 saturated carbocycles. The fourth-order valence-electron chi connectivity index (χ4n) is 3.44. The van der Waals surface area contributed by atoms with Gasteiger partial charge in [0, 0.05) is 12.1 Å². The fraction of sp³-hybridized carbons (Fsp3) is 0.381. The Labute approximate surface area is 144 Å². The van der Waals surface area contributed by atoms with E-state index in [0.29, 0.717) is 6.54 Å². The Kier molecular flexibility index (Phi) is 5.31. The summed E-state index contributed by atoms with van der Waals surface area (Å²) in [7, 11) is 4.09. The molecule has 1 N–H and O–H groups in total. The summed E-state index contributed by atoms with van der Waals surface area (Å²) < 4.78 is 0. The van der Waals surface area contributed by atoms with Crippen molar-refractivity contribution in [3.63, 3.8) is 0 Å². The molecule has 1 aliphatic rings. The Morgan fingerprint density at radius 2 is 1.75 bits per heavy atom. The molecule has 3 rings (SSSR count). The molecule has 0 spiro atoms. The molecular weight excluding hydrogens is 296 g/mol. The second-order valence-electron chi connectivity index (χ2n) is 6.79. The van der Waals surface area contributed by atoms with Crippen LogP contribution in [0.5, 0.6) is 0 Å². The first-order chi connectivity index (χ1) is 11.6. The number of fused-ring (bicyclic) bond motifs is 1. The predicted octanol–water partition coefficient (Wildman–Crippen LogP) is 3.60. The third kappa shape index (κ3) is 3.85. The summed E-state index contributed by atoms with van der Waals surface area (Å²) >= 11 is 0. The smallest absolute Gasteiger partial charge is 0.251 e. The number of rotatable bonds is 5. The molecule has 0 aromatic heterocycles. The van der Waals surface area contributed by atoms with Crippen LogP contribution in [0.25, 0.3) is 0 Å². The van der Waals surface area contributed by atoms with Gasteiger partial charge in [0.2, 0.25) is 0 Å². The van der Waals surface area contributed by atoms with Crippen LogP contribution in [-0.2, 0) is 12.8 Å². The van der Waals surface area contributed by atoms with E-state index >= 15 is 0 Å². The van der Waals surface area contributed by atoms with E-state index in [4.69, 9.17) is 0 Å². The van der Waals surface area contributed by atoms with Crippen LogP contribution in [0.1, 0.15) is 45.9 Å². The number of carbonyl (C=O) groups excluding carboxylic acids is 1. The first-order valence-corrected chi connectivity index (χ1v) is 8.76. The molecule has 0 bridgehead atoms. The first-order valence-electron chi connectivity index (χ1n) is 8.76. The minimum Gasteiger partial charge on any atom is -0.350 e. The van der Waals surface area contributed by atoms with Crippen molar-refractivity contribution in [2.24, 2.45) is 0 Å². The van der Waals surface area contributed by atoms with Gasteiger partial charge in [-0.15, -0.1) is 0 Å². The van der Waals surface area contributed by atoms with Gasteiger partial charge in [-0.05, 0) is 68.6 Å². The van der Waals surface area contributed by atoms with Gasteiger partial charge in [-0.25, -0.2) is 0 Å². The van der Waals surface area contributed by atoms with Crippen LogP contribution in [0.15, 0.2) is 48.5 Å². The van der Waals surface area contributed by atoms with Gasteiger partial charge in [-0.3, -0.25) is 4.79 Å². The van der Waals surface area contributed by atoms with Gasteiger partial charge < -0.3 is 10.2 Å². The molecule has 1 atom stereocenters. The summed E-state index contributed by atoms with van der Waals surface area (Å²) in [5.74, 6) is 0.0196. The first kappa shape index (κ1) is 16.7. The van der Waals surface area contributed by atoms with Gasteiger partial charge >= 0.3 is 0 Å². The van der Waals surface area contributed by atoms with E-state index in [1.807, 2.05) is 38.4 Å². The molecule has 0 radical (unpaired) electrons. The minimum absolute atomic E-state index is 0.0196. The zero-order chi connectivity index (χ0) is 16.9. The lowest BCUT2D eigenvalue weighted by atomic mass is 9.90. The molecule has 3 heteroatoms. The number of likely N-dealkylation sites (N-methyl/N-ethyl adjacent to an activating group) is 1. The van der Waals surface area contributed by atoms with Crippen LogP contribution >= 0.6 is 0 Å². The molecule has 2 aromatic carbocycles. The molecule has 1 amide bonds. The van der Waals surface area contributed by atoms with Crippen LogP contribution in [0, 0.1) is 0 Å². The van der Waals surface area contributed by atoms with Crippen LogP contribution in [0.4, 0.5) is 0 Å². The van der Waals surface area contributed by atoms with E-state index in [-0.39, 0.29) is 11.9 Å². The number of nitrogens with one attached hydrogen (secondary N) is 1. The lowest BCUT2D eigenvalue weighted by molar-refractivity contribution is 0.0942. The lowest BCUT2D eigenvalue weighted by Gasteiger charge is -2.25. The Bertz CT molecular complexity index is 694. The van der Waals surface area contributed by atoms with E-state index in [1.54, 1.807) is 0 Å². The molecule has 126 valence electrons. The van der Waals surface area contributed by atoms with E-state index in [1.165, 1.54) is 29.5 Å². The normalized spacial score (nSPS) is 15.0. The quantitative estimate of drug-likeness (QED) is 0.912. The summed E-state index contributed by atoms with van der Waals surface area (Å²) in [6.07, 6.45) is 4.74. The number of hydrogen-bond donors (Lipinski definition) is 1. The topological polar surface area (TPSA) is 32.3 Å². The van der Waals surface area contributed by atoms with Gasteiger partial charge in [0.15, 0.2) is 0 Å². The molecular formula is C21H26N2O. The van der Waals surface area contributed by atoms with E-state index in [0.717, 1.165) is 18.4 Å². The van der Waals surface area contributed by atoms with Gasteiger partial charge in [0.25, 0.3) is 5.91 Å². The molecule has 0 heterocycles. The zero-order valence-electron chi connectivity index (χ0n) is 14.6. The monoisotopic (exact) mass is 322 g/mol. The molecule has 1 aliphatic carbocycles. The standard InChI is InChI=1S/C21H26N2O/c1-23(2)20(17-9-4-3-5-10-17)15-22-21(24)19-13-12-16-8-6-7-11-18(16)14-19/h3-5,9-10,12-14,20H,6-8,11,15H2,1-2H3,(H,22,24)/t20-/m1/s1. The van der Waals surface area contributed by atoms with Crippen molar-refractivity contribution in [1.29, 1.82) is 0 Å². The van der Waals surface area contributed by atoms with Crippen molar-refractivity contribution in [3.8, 4) is 0 Å². The van der Waals surface area contributed by atoms with E-state index < -0.39 is 0 Å². The van der Waals surface area contributed by atoms with Crippen molar-refractivity contribution in [3.05, 3.63) is 70.8 Å². The molecule has 0 saturated heterocycles. The Hall–Kier alpha value is -2.13. The molecule has 2 aromatic rings. The number of carbonyl (C=O) groups is 1. The maximum Gasteiger partial charge on any atom is 0.251 e. The van der Waals surface area contributed by atoms with Crippen molar-refractivity contribution >= 4 is 5.91 Å². The Morgan fingerprint density at radius 1 is 1.04 bits per heavy atom. The van der Waals surface area contributed by atoms with Crippen LogP contribution in [0.3, 0.4) is 0 Å². The Balaban J connectivity index is 1.68. The Morgan fingerprint density at radius 3 is 2.46 bits per heavy atom. The largest absolute Gasteiger partial charge is 0.350 e. The average Bonchev–Trinajstić information content (AvgIpc) is 2.62. The highest BCUT2D eigenvalue weighted by molar-refractivity contribution is 5.94. The zero-order valence-corrected chi connectivity index (χ0v) is 14.6. The molecule has 0 unspecified atom stereocenters. The van der Waals surface area contributed by atoms with Crippen LogP contribution < -0.4 is 5.32 Å². The molecule has 0 aliphatic heterocycles. The second-order valence-corrected chi connectivity index (χ2v) is 6.79. The van der Waals surface area contributed by atoms with E-state index in [2.05, 4.69) is 34.5 Å². The van der Waals surface area contributed by atoms with Crippen molar-refractivity contribution in [2.75, 3.05) is 20.6 Å². The molecule has 24 heavy (non-hydrogen) atoms. The van der Waals surface area contributed by atoms with Crippen molar-refractivity contribution < 1.29 is 4.79 Å². The van der Waals surface area contributed by atoms with Gasteiger partial charge in [0.1, 0.15) is 0 Å². The summed E-state index contributed by atoms with van der Waals surface area (Å²) in [5, 5.41) is 3.11. The summed E-state index contributed by atoms with van der Waals surface area (Å²) in [5.41, 5.74) is 4.75.